The molecule has 3 heterocycles. The molecule has 0 bridgehead atoms. The van der Waals surface area contributed by atoms with Crippen LogP contribution in [0.5, 0.6) is 5.75 Å². The van der Waals surface area contributed by atoms with Crippen LogP contribution in [0.4, 0.5) is 5.82 Å². The summed E-state index contributed by atoms with van der Waals surface area (Å²) in [5, 5.41) is 7.25. The fourth-order valence-electron chi connectivity index (χ4n) is 4.44. The molecule has 1 N–H and O–H groups in total. The second-order valence-corrected chi connectivity index (χ2v) is 8.99. The Morgan fingerprint density at radius 2 is 1.92 bits per heavy atom. The van der Waals surface area contributed by atoms with Gasteiger partial charge in [0.05, 0.1) is 12.7 Å². The Hall–Kier alpha value is -4.20. The van der Waals surface area contributed by atoms with E-state index in [1.165, 1.54) is 5.56 Å². The van der Waals surface area contributed by atoms with E-state index >= 15 is 0 Å². The number of benzene rings is 2. The smallest absolute Gasteiger partial charge is 0.261 e. The summed E-state index contributed by atoms with van der Waals surface area (Å²) in [4.78, 5) is 24.2. The van der Waals surface area contributed by atoms with E-state index in [9.17, 15) is 4.79 Å². The van der Waals surface area contributed by atoms with Crippen molar-refractivity contribution in [2.24, 2.45) is 5.92 Å². The average molecular weight is 484 g/mol. The molecule has 4 aromatic rings. The Kier molecular flexibility index (Phi) is 6.93. The Morgan fingerprint density at radius 1 is 1.11 bits per heavy atom. The average Bonchev–Trinajstić information content (AvgIpc) is 3.42. The molecule has 0 saturated carbocycles. The number of methoxy groups -OCH3 is 1. The summed E-state index contributed by atoms with van der Waals surface area (Å²) in [7, 11) is 1.64. The molecule has 0 spiro atoms. The van der Waals surface area contributed by atoms with Crippen LogP contribution in [0.25, 0.3) is 22.8 Å². The number of hydrogen-bond acceptors (Lipinski definition) is 7. The molecule has 36 heavy (non-hydrogen) atoms. The summed E-state index contributed by atoms with van der Waals surface area (Å²) in [5.74, 6) is 2.62. The molecular weight excluding hydrogens is 454 g/mol. The summed E-state index contributed by atoms with van der Waals surface area (Å²) in [6, 6.07) is 19.6. The van der Waals surface area contributed by atoms with Gasteiger partial charge in [-0.2, -0.15) is 4.98 Å². The molecule has 1 fully saturated rings. The van der Waals surface area contributed by atoms with E-state index in [0.29, 0.717) is 18.3 Å². The van der Waals surface area contributed by atoms with Crippen LogP contribution in [0, 0.1) is 12.8 Å². The van der Waals surface area contributed by atoms with Crippen molar-refractivity contribution in [3.8, 4) is 28.6 Å². The number of carbonyl (C=O) groups is 1. The molecule has 2 aromatic heterocycles. The predicted molar refractivity (Wildman–Crippen MR) is 137 cm³/mol. The van der Waals surface area contributed by atoms with Gasteiger partial charge in [-0.25, -0.2) is 4.98 Å². The standard InChI is InChI=1S/C28H29N5O3/c1-19-8-10-21(11-9-19)25-31-28(36-32-25)24-7-4-14-29-26(24)33-15-12-22(13-16-33)27(34)30-18-20-5-3-6-23(17-20)35-2/h3-11,14,17,22H,12-13,15-16,18H2,1-2H3,(H,30,34). The number of nitrogens with one attached hydrogen (secondary N) is 1. The Balaban J connectivity index is 1.23. The number of anilines is 1. The molecule has 2 aromatic carbocycles. The maximum Gasteiger partial charge on any atom is 0.261 e. The van der Waals surface area contributed by atoms with E-state index in [-0.39, 0.29) is 11.8 Å². The van der Waals surface area contributed by atoms with Gasteiger partial charge in [-0.15, -0.1) is 0 Å². The molecule has 1 aliphatic heterocycles. The minimum Gasteiger partial charge on any atom is -0.497 e. The summed E-state index contributed by atoms with van der Waals surface area (Å²) < 4.78 is 10.9. The lowest BCUT2D eigenvalue weighted by molar-refractivity contribution is -0.125. The minimum atomic E-state index is -0.0319. The largest absolute Gasteiger partial charge is 0.497 e. The number of carbonyl (C=O) groups excluding carboxylic acids is 1. The van der Waals surface area contributed by atoms with E-state index in [1.807, 2.05) is 67.6 Å². The van der Waals surface area contributed by atoms with E-state index in [1.54, 1.807) is 13.3 Å². The lowest BCUT2D eigenvalue weighted by atomic mass is 9.95. The van der Waals surface area contributed by atoms with Crippen LogP contribution in [0.3, 0.4) is 0 Å². The zero-order valence-electron chi connectivity index (χ0n) is 20.5. The maximum absolute atomic E-state index is 12.8. The SMILES string of the molecule is COc1cccc(CNC(=O)C2CCN(c3ncccc3-c3nc(-c4ccc(C)cc4)no3)CC2)c1. The third kappa shape index (κ3) is 5.22. The molecular formula is C28H29N5O3. The first-order valence-corrected chi connectivity index (χ1v) is 12.1. The first kappa shape index (κ1) is 23.5. The number of aryl methyl sites for hydroxylation is 1. The molecule has 0 atom stereocenters. The molecule has 0 unspecified atom stereocenters. The van der Waals surface area contributed by atoms with Crippen LogP contribution < -0.4 is 15.0 Å². The highest BCUT2D eigenvalue weighted by Crippen LogP contribution is 2.32. The van der Waals surface area contributed by atoms with Gasteiger partial charge in [-0.1, -0.05) is 47.1 Å². The fourth-order valence-corrected chi connectivity index (χ4v) is 4.44. The van der Waals surface area contributed by atoms with Gasteiger partial charge in [-0.3, -0.25) is 4.79 Å². The number of aromatic nitrogens is 3. The molecule has 1 aliphatic rings. The fraction of sp³-hybridized carbons (Fsp3) is 0.286. The number of nitrogens with zero attached hydrogens (tertiary/aromatic N) is 4. The van der Waals surface area contributed by atoms with Gasteiger partial charge in [0.25, 0.3) is 5.89 Å². The zero-order chi connectivity index (χ0) is 24.9. The topological polar surface area (TPSA) is 93.4 Å². The van der Waals surface area contributed by atoms with E-state index in [2.05, 4.69) is 25.3 Å². The normalized spacial score (nSPS) is 14.0. The first-order valence-electron chi connectivity index (χ1n) is 12.1. The highest BCUT2D eigenvalue weighted by atomic mass is 16.5. The van der Waals surface area contributed by atoms with Crippen molar-refractivity contribution in [1.29, 1.82) is 0 Å². The number of rotatable bonds is 7. The molecule has 0 radical (unpaired) electrons. The number of pyridine rings is 1. The predicted octanol–water partition coefficient (Wildman–Crippen LogP) is 4.65. The number of piperidine rings is 1. The van der Waals surface area contributed by atoms with Gasteiger partial charge >= 0.3 is 0 Å². The zero-order valence-corrected chi connectivity index (χ0v) is 20.5. The van der Waals surface area contributed by atoms with Crippen molar-refractivity contribution in [1.82, 2.24) is 20.4 Å². The monoisotopic (exact) mass is 483 g/mol. The van der Waals surface area contributed by atoms with Crippen molar-refractivity contribution in [2.45, 2.75) is 26.3 Å². The van der Waals surface area contributed by atoms with Crippen LogP contribution in [0.15, 0.2) is 71.4 Å². The van der Waals surface area contributed by atoms with Crippen molar-refractivity contribution < 1.29 is 14.1 Å². The van der Waals surface area contributed by atoms with Crippen LogP contribution >= 0.6 is 0 Å². The number of ether oxygens (including phenoxy) is 1. The highest BCUT2D eigenvalue weighted by Gasteiger charge is 2.27. The van der Waals surface area contributed by atoms with Gasteiger partial charge in [0.1, 0.15) is 11.6 Å². The van der Waals surface area contributed by atoms with Crippen LogP contribution in [0.1, 0.15) is 24.0 Å². The van der Waals surface area contributed by atoms with E-state index in [0.717, 1.165) is 54.2 Å². The minimum absolute atomic E-state index is 0.0319. The molecule has 1 amide bonds. The highest BCUT2D eigenvalue weighted by molar-refractivity contribution is 5.79. The summed E-state index contributed by atoms with van der Waals surface area (Å²) in [5.41, 5.74) is 3.89. The summed E-state index contributed by atoms with van der Waals surface area (Å²) >= 11 is 0. The number of hydrogen-bond donors (Lipinski definition) is 1. The first-order chi connectivity index (χ1) is 17.6. The lowest BCUT2D eigenvalue weighted by Crippen LogP contribution is -2.40. The second-order valence-electron chi connectivity index (χ2n) is 8.99. The maximum atomic E-state index is 12.8. The van der Waals surface area contributed by atoms with Gasteiger partial charge < -0.3 is 19.5 Å². The summed E-state index contributed by atoms with van der Waals surface area (Å²) in [6.45, 7) is 3.97. The van der Waals surface area contributed by atoms with Crippen LogP contribution in [-0.4, -0.2) is 41.2 Å². The lowest BCUT2D eigenvalue weighted by Gasteiger charge is -2.32. The van der Waals surface area contributed by atoms with E-state index < -0.39 is 0 Å². The van der Waals surface area contributed by atoms with E-state index in [4.69, 9.17) is 9.26 Å². The molecule has 0 aliphatic carbocycles. The van der Waals surface area contributed by atoms with Crippen molar-refractivity contribution in [3.05, 3.63) is 78.0 Å². The second kappa shape index (κ2) is 10.6. The number of amides is 1. The molecule has 8 heteroatoms. The van der Waals surface area contributed by atoms with Gasteiger partial charge in [0, 0.05) is 37.3 Å². The Morgan fingerprint density at radius 3 is 2.69 bits per heavy atom. The third-order valence-corrected chi connectivity index (χ3v) is 6.52. The molecule has 5 rings (SSSR count). The Bertz CT molecular complexity index is 1330. The third-order valence-electron chi connectivity index (χ3n) is 6.52. The Labute approximate surface area is 210 Å². The van der Waals surface area contributed by atoms with Gasteiger partial charge in [0.15, 0.2) is 0 Å². The van der Waals surface area contributed by atoms with Crippen molar-refractivity contribution in [2.75, 3.05) is 25.1 Å². The van der Waals surface area contributed by atoms with Crippen LogP contribution in [-0.2, 0) is 11.3 Å². The van der Waals surface area contributed by atoms with Gasteiger partial charge in [0.2, 0.25) is 11.7 Å². The van der Waals surface area contributed by atoms with Gasteiger partial charge in [-0.05, 0) is 49.6 Å². The van der Waals surface area contributed by atoms with Crippen molar-refractivity contribution >= 4 is 11.7 Å². The molecule has 8 nitrogen and oxygen atoms in total. The molecule has 184 valence electrons. The summed E-state index contributed by atoms with van der Waals surface area (Å²) in [6.07, 6.45) is 3.26. The van der Waals surface area contributed by atoms with Crippen LogP contribution in [0.2, 0.25) is 0 Å². The van der Waals surface area contributed by atoms with Crippen molar-refractivity contribution in [3.63, 3.8) is 0 Å². The quantitative estimate of drug-likeness (QED) is 0.409. The molecule has 1 saturated heterocycles.